The Bertz CT molecular complexity index is 810. The maximum Gasteiger partial charge on any atom is 0.416 e. The number of benzene rings is 2. The van der Waals surface area contributed by atoms with Crippen LogP contribution in [0.5, 0.6) is 0 Å². The van der Waals surface area contributed by atoms with Crippen molar-refractivity contribution >= 4 is 34.8 Å². The second kappa shape index (κ2) is 8.90. The van der Waals surface area contributed by atoms with Gasteiger partial charge in [-0.25, -0.2) is 0 Å². The van der Waals surface area contributed by atoms with Crippen LogP contribution < -0.4 is 10.2 Å². The molecule has 144 valence electrons. The van der Waals surface area contributed by atoms with Crippen LogP contribution >= 0.6 is 11.6 Å². The summed E-state index contributed by atoms with van der Waals surface area (Å²) in [7, 11) is 1.64. The minimum absolute atomic E-state index is 0.0104. The third-order valence-electron chi connectivity index (χ3n) is 3.88. The van der Waals surface area contributed by atoms with Crippen molar-refractivity contribution in [3.05, 3.63) is 59.1 Å². The molecule has 0 aliphatic heterocycles. The van der Waals surface area contributed by atoms with Crippen molar-refractivity contribution in [3.8, 4) is 0 Å². The molecule has 0 aromatic heterocycles. The first kappa shape index (κ1) is 20.8. The van der Waals surface area contributed by atoms with Crippen LogP contribution in [0.1, 0.15) is 24.8 Å². The third-order valence-corrected chi connectivity index (χ3v) is 4.21. The van der Waals surface area contributed by atoms with E-state index in [-0.39, 0.29) is 35.9 Å². The molecule has 2 amide bonds. The average Bonchev–Trinajstić information content (AvgIpc) is 2.62. The highest BCUT2D eigenvalue weighted by molar-refractivity contribution is 6.33. The fourth-order valence-electron chi connectivity index (χ4n) is 2.37. The van der Waals surface area contributed by atoms with Crippen LogP contribution in [0.3, 0.4) is 0 Å². The summed E-state index contributed by atoms with van der Waals surface area (Å²) in [5, 5.41) is 2.37. The molecule has 2 aromatic rings. The number of carbonyl (C=O) groups excluding carboxylic acids is 2. The van der Waals surface area contributed by atoms with Gasteiger partial charge in [0, 0.05) is 25.6 Å². The standard InChI is InChI=1S/C19H18ClF3N2O2/c1-25(14-6-3-2-4-7-14)18(27)9-5-8-17(26)24-16-12-13(19(21,22)23)10-11-15(16)20/h2-4,6-7,10-12H,5,8-9H2,1H3,(H,24,26). The molecule has 1 N–H and O–H groups in total. The van der Waals surface area contributed by atoms with Crippen LogP contribution in [0.4, 0.5) is 24.5 Å². The topological polar surface area (TPSA) is 49.4 Å². The summed E-state index contributed by atoms with van der Waals surface area (Å²) < 4.78 is 38.2. The molecule has 0 aliphatic carbocycles. The van der Waals surface area contributed by atoms with Crippen molar-refractivity contribution in [2.75, 3.05) is 17.3 Å². The van der Waals surface area contributed by atoms with Crippen LogP contribution in [-0.4, -0.2) is 18.9 Å². The molecule has 8 heteroatoms. The van der Waals surface area contributed by atoms with Crippen molar-refractivity contribution < 1.29 is 22.8 Å². The largest absolute Gasteiger partial charge is 0.416 e. The highest BCUT2D eigenvalue weighted by atomic mass is 35.5. The number of nitrogens with zero attached hydrogens (tertiary/aromatic N) is 1. The minimum Gasteiger partial charge on any atom is -0.325 e. The molecule has 2 rings (SSSR count). The first-order chi connectivity index (χ1) is 12.7. The number of carbonyl (C=O) groups is 2. The van der Waals surface area contributed by atoms with Crippen molar-refractivity contribution in [3.63, 3.8) is 0 Å². The first-order valence-electron chi connectivity index (χ1n) is 8.16. The molecular weight excluding hydrogens is 381 g/mol. The Kier molecular flexibility index (Phi) is 6.85. The van der Waals surface area contributed by atoms with Crippen LogP contribution in [0, 0.1) is 0 Å². The van der Waals surface area contributed by atoms with Gasteiger partial charge in [-0.3, -0.25) is 9.59 Å². The summed E-state index contributed by atoms with van der Waals surface area (Å²) in [6, 6.07) is 11.8. The number of amides is 2. The maximum atomic E-state index is 12.7. The normalized spacial score (nSPS) is 11.1. The lowest BCUT2D eigenvalue weighted by Gasteiger charge is -2.17. The second-order valence-electron chi connectivity index (χ2n) is 5.88. The lowest BCUT2D eigenvalue weighted by atomic mass is 10.1. The molecule has 0 spiro atoms. The van der Waals surface area contributed by atoms with Gasteiger partial charge in [0.25, 0.3) is 0 Å². The Balaban J connectivity index is 1.87. The summed E-state index contributed by atoms with van der Waals surface area (Å²) in [4.78, 5) is 25.6. The van der Waals surface area contributed by atoms with E-state index in [1.165, 1.54) is 4.90 Å². The summed E-state index contributed by atoms with van der Waals surface area (Å²) in [5.41, 5.74) is -0.270. The van der Waals surface area contributed by atoms with Gasteiger partial charge in [0.2, 0.25) is 11.8 Å². The Morgan fingerprint density at radius 3 is 2.37 bits per heavy atom. The molecule has 0 radical (unpaired) electrons. The van der Waals surface area contributed by atoms with Gasteiger partial charge in [-0.15, -0.1) is 0 Å². The lowest BCUT2D eigenvalue weighted by molar-refractivity contribution is -0.137. The summed E-state index contributed by atoms with van der Waals surface area (Å²) >= 11 is 5.84. The molecule has 4 nitrogen and oxygen atoms in total. The molecule has 0 unspecified atom stereocenters. The van der Waals surface area contributed by atoms with E-state index in [2.05, 4.69) is 5.32 Å². The molecule has 0 saturated carbocycles. The molecule has 0 saturated heterocycles. The quantitative estimate of drug-likeness (QED) is 0.733. The van der Waals surface area contributed by atoms with Gasteiger partial charge in [-0.1, -0.05) is 29.8 Å². The molecule has 27 heavy (non-hydrogen) atoms. The van der Waals surface area contributed by atoms with E-state index in [9.17, 15) is 22.8 Å². The SMILES string of the molecule is CN(C(=O)CCCC(=O)Nc1cc(C(F)(F)F)ccc1Cl)c1ccccc1. The Labute approximate surface area is 159 Å². The third kappa shape index (κ3) is 5.99. The van der Waals surface area contributed by atoms with E-state index in [0.29, 0.717) is 0 Å². The Morgan fingerprint density at radius 2 is 1.74 bits per heavy atom. The van der Waals surface area contributed by atoms with Crippen LogP contribution in [0.15, 0.2) is 48.5 Å². The van der Waals surface area contributed by atoms with Gasteiger partial charge >= 0.3 is 6.18 Å². The van der Waals surface area contributed by atoms with E-state index in [1.807, 2.05) is 18.2 Å². The average molecular weight is 399 g/mol. The molecular formula is C19H18ClF3N2O2. The summed E-state index contributed by atoms with van der Waals surface area (Å²) in [6.07, 6.45) is -4.15. The van der Waals surface area contributed by atoms with Gasteiger partial charge in [-0.05, 0) is 36.8 Å². The number of hydrogen-bond donors (Lipinski definition) is 1. The van der Waals surface area contributed by atoms with Crippen molar-refractivity contribution in [1.29, 1.82) is 0 Å². The van der Waals surface area contributed by atoms with Crippen molar-refractivity contribution in [2.45, 2.75) is 25.4 Å². The number of halogens is 4. The highest BCUT2D eigenvalue weighted by Crippen LogP contribution is 2.33. The first-order valence-corrected chi connectivity index (χ1v) is 8.54. The predicted molar refractivity (Wildman–Crippen MR) is 98.8 cm³/mol. The fourth-order valence-corrected chi connectivity index (χ4v) is 2.54. The van der Waals surface area contributed by atoms with Gasteiger partial charge in [0.05, 0.1) is 16.3 Å². The zero-order chi connectivity index (χ0) is 20.0. The number of nitrogens with one attached hydrogen (secondary N) is 1. The van der Waals surface area contributed by atoms with Gasteiger partial charge in [-0.2, -0.15) is 13.2 Å². The Hall–Kier alpha value is -2.54. The van der Waals surface area contributed by atoms with E-state index in [0.717, 1.165) is 23.9 Å². The maximum absolute atomic E-state index is 12.7. The van der Waals surface area contributed by atoms with E-state index < -0.39 is 17.6 Å². The number of anilines is 2. The zero-order valence-electron chi connectivity index (χ0n) is 14.5. The summed E-state index contributed by atoms with van der Waals surface area (Å²) in [5.74, 6) is -0.669. The smallest absolute Gasteiger partial charge is 0.325 e. The van der Waals surface area contributed by atoms with E-state index in [1.54, 1.807) is 19.2 Å². The molecule has 0 atom stereocenters. The molecule has 0 bridgehead atoms. The zero-order valence-corrected chi connectivity index (χ0v) is 15.3. The highest BCUT2D eigenvalue weighted by Gasteiger charge is 2.31. The van der Waals surface area contributed by atoms with Gasteiger partial charge < -0.3 is 10.2 Å². The molecule has 0 heterocycles. The van der Waals surface area contributed by atoms with Crippen molar-refractivity contribution in [2.24, 2.45) is 0 Å². The second-order valence-corrected chi connectivity index (χ2v) is 6.29. The fraction of sp³-hybridized carbons (Fsp3) is 0.263. The van der Waals surface area contributed by atoms with Gasteiger partial charge in [0.1, 0.15) is 0 Å². The molecule has 2 aromatic carbocycles. The number of alkyl halides is 3. The minimum atomic E-state index is -4.53. The van der Waals surface area contributed by atoms with E-state index in [4.69, 9.17) is 11.6 Å². The van der Waals surface area contributed by atoms with Crippen molar-refractivity contribution in [1.82, 2.24) is 0 Å². The molecule has 0 fully saturated rings. The Morgan fingerprint density at radius 1 is 1.07 bits per heavy atom. The number of para-hydroxylation sites is 1. The molecule has 0 aliphatic rings. The number of hydrogen-bond acceptors (Lipinski definition) is 2. The van der Waals surface area contributed by atoms with Gasteiger partial charge in [0.15, 0.2) is 0 Å². The lowest BCUT2D eigenvalue weighted by Crippen LogP contribution is -2.26. The summed E-state index contributed by atoms with van der Waals surface area (Å²) in [6.45, 7) is 0. The number of rotatable bonds is 6. The van der Waals surface area contributed by atoms with Crippen LogP contribution in [0.25, 0.3) is 0 Å². The van der Waals surface area contributed by atoms with Crippen LogP contribution in [0.2, 0.25) is 5.02 Å². The monoisotopic (exact) mass is 398 g/mol. The predicted octanol–water partition coefficient (Wildman–Crippen LogP) is 5.13. The van der Waals surface area contributed by atoms with E-state index >= 15 is 0 Å². The van der Waals surface area contributed by atoms with Crippen LogP contribution in [-0.2, 0) is 15.8 Å².